The molecule has 1 saturated heterocycles. The molecule has 0 aliphatic carbocycles. The van der Waals surface area contributed by atoms with E-state index in [0.717, 1.165) is 18.8 Å². The van der Waals surface area contributed by atoms with Crippen LogP contribution in [-0.2, 0) is 6.54 Å². The Labute approximate surface area is 215 Å². The maximum absolute atomic E-state index is 13.3. The van der Waals surface area contributed by atoms with Gasteiger partial charge in [-0.05, 0) is 81.6 Å². The van der Waals surface area contributed by atoms with E-state index in [1.54, 1.807) is 21.6 Å². The average molecular weight is 498 g/mol. The molecule has 1 atom stereocenters. The number of fused-ring (bicyclic) bond motifs is 6. The molecule has 0 amide bonds. The maximum atomic E-state index is 13.3. The first kappa shape index (κ1) is 23.6. The number of allylic oxidation sites excluding steroid dienone is 2. The summed E-state index contributed by atoms with van der Waals surface area (Å²) in [7, 11) is 2.18. The summed E-state index contributed by atoms with van der Waals surface area (Å²) >= 11 is 0. The zero-order chi connectivity index (χ0) is 25.4. The lowest BCUT2D eigenvalue weighted by Gasteiger charge is -2.29. The van der Waals surface area contributed by atoms with Crippen LogP contribution in [0.15, 0.2) is 65.6 Å². The number of aromatic nitrogens is 5. The smallest absolute Gasteiger partial charge is 0.278 e. The molecular weight excluding hydrogens is 466 g/mol. The van der Waals surface area contributed by atoms with Gasteiger partial charge >= 0.3 is 0 Å². The van der Waals surface area contributed by atoms with Gasteiger partial charge in [0, 0.05) is 11.9 Å². The minimum Gasteiger partial charge on any atom is -0.387 e. The zero-order valence-corrected chi connectivity index (χ0v) is 20.9. The van der Waals surface area contributed by atoms with Gasteiger partial charge in [-0.1, -0.05) is 30.4 Å². The first-order chi connectivity index (χ1) is 18.1. The number of hydrogen-bond donors (Lipinski definition) is 2. The highest BCUT2D eigenvalue weighted by molar-refractivity contribution is 5.77. The molecule has 2 bridgehead atoms. The molecule has 190 valence electrons. The fourth-order valence-corrected chi connectivity index (χ4v) is 5.23. The molecule has 6 rings (SSSR count). The molecule has 9 heteroatoms. The van der Waals surface area contributed by atoms with Gasteiger partial charge in [0.15, 0.2) is 11.5 Å². The van der Waals surface area contributed by atoms with E-state index in [9.17, 15) is 9.90 Å². The Morgan fingerprint density at radius 1 is 1.00 bits per heavy atom. The Bertz CT molecular complexity index is 1500. The van der Waals surface area contributed by atoms with Crippen LogP contribution < -0.4 is 10.9 Å². The predicted octanol–water partition coefficient (Wildman–Crippen LogP) is 3.91. The van der Waals surface area contributed by atoms with Crippen LogP contribution in [0.1, 0.15) is 49.0 Å². The molecular formula is C28H31N7O2. The Balaban J connectivity index is 1.35. The molecule has 1 unspecified atom stereocenters. The van der Waals surface area contributed by atoms with Crippen LogP contribution in [0.25, 0.3) is 16.9 Å². The second kappa shape index (κ2) is 9.91. The number of aliphatic hydroxyl groups excluding tert-OH is 1. The van der Waals surface area contributed by atoms with E-state index >= 15 is 0 Å². The lowest BCUT2D eigenvalue weighted by atomic mass is 9.89. The fraction of sp³-hybridized carbons (Fsp3) is 0.357. The molecule has 5 heterocycles. The standard InChI is InChI=1S/C28H31N7O2/c1-33-16-13-20(14-17-33)19-9-11-21(12-10-19)30-28-29-18-22-26(32-28)35-25-8-5-6-23(31-25)24(36)7-3-2-4-15-34(35)27(22)37/h2,4-6,8-12,18,20,24,36H,3,7,13-17H2,1H3,(H,29,30,32)/b4-2-. The molecule has 1 fully saturated rings. The largest absolute Gasteiger partial charge is 0.387 e. The lowest BCUT2D eigenvalue weighted by molar-refractivity contribution is 0.164. The number of likely N-dealkylation sites (tertiary alicyclic amines) is 1. The number of piperidine rings is 1. The molecule has 2 aliphatic heterocycles. The van der Waals surface area contributed by atoms with Crippen molar-refractivity contribution in [2.75, 3.05) is 25.5 Å². The van der Waals surface area contributed by atoms with Gasteiger partial charge in [0.2, 0.25) is 5.95 Å². The zero-order valence-electron chi connectivity index (χ0n) is 20.9. The van der Waals surface area contributed by atoms with Crippen molar-refractivity contribution in [2.24, 2.45) is 0 Å². The van der Waals surface area contributed by atoms with E-state index in [1.807, 2.05) is 24.3 Å². The van der Waals surface area contributed by atoms with Gasteiger partial charge in [0.25, 0.3) is 5.56 Å². The van der Waals surface area contributed by atoms with Crippen molar-refractivity contribution in [1.82, 2.24) is 29.2 Å². The topological polar surface area (TPSA) is 101 Å². The normalized spacial score (nSPS) is 19.8. The summed E-state index contributed by atoms with van der Waals surface area (Å²) in [6.45, 7) is 2.64. The minimum absolute atomic E-state index is 0.180. The van der Waals surface area contributed by atoms with E-state index in [2.05, 4.69) is 51.5 Å². The highest BCUT2D eigenvalue weighted by Gasteiger charge is 2.20. The van der Waals surface area contributed by atoms with Crippen molar-refractivity contribution >= 4 is 22.7 Å². The van der Waals surface area contributed by atoms with Crippen molar-refractivity contribution in [3.63, 3.8) is 0 Å². The van der Waals surface area contributed by atoms with Crippen LogP contribution in [0.5, 0.6) is 0 Å². The third kappa shape index (κ3) is 4.68. The number of nitrogens with one attached hydrogen (secondary N) is 1. The molecule has 1 aromatic carbocycles. The number of benzene rings is 1. The highest BCUT2D eigenvalue weighted by atomic mass is 16.3. The molecule has 9 nitrogen and oxygen atoms in total. The molecule has 2 aliphatic rings. The van der Waals surface area contributed by atoms with Crippen LogP contribution in [-0.4, -0.2) is 54.5 Å². The van der Waals surface area contributed by atoms with E-state index < -0.39 is 6.10 Å². The first-order valence-corrected chi connectivity index (χ1v) is 12.9. The second-order valence-corrected chi connectivity index (χ2v) is 9.94. The Morgan fingerprint density at radius 2 is 1.81 bits per heavy atom. The molecule has 2 N–H and O–H groups in total. The van der Waals surface area contributed by atoms with Crippen LogP contribution in [0.2, 0.25) is 0 Å². The Kier molecular flexibility index (Phi) is 6.31. The lowest BCUT2D eigenvalue weighted by Crippen LogP contribution is -2.29. The summed E-state index contributed by atoms with van der Waals surface area (Å²) in [6.07, 6.45) is 8.46. The number of anilines is 2. The third-order valence-corrected chi connectivity index (χ3v) is 7.40. The van der Waals surface area contributed by atoms with Gasteiger partial charge in [-0.3, -0.25) is 4.79 Å². The van der Waals surface area contributed by atoms with Crippen molar-refractivity contribution in [2.45, 2.75) is 44.2 Å². The van der Waals surface area contributed by atoms with E-state index in [1.165, 1.54) is 18.4 Å². The summed E-state index contributed by atoms with van der Waals surface area (Å²) in [4.78, 5) is 29.5. The molecule has 0 saturated carbocycles. The summed E-state index contributed by atoms with van der Waals surface area (Å²) in [5, 5.41) is 14.3. The SMILES string of the molecule is CN1CCC(c2ccc(Nc3ncc4c(=O)n5n(c4n3)-c3cccc(n3)C(O)CC/C=C\C5)cc2)CC1. The number of rotatable bonds is 3. The quantitative estimate of drug-likeness (QED) is 0.414. The monoisotopic (exact) mass is 497 g/mol. The number of pyridine rings is 1. The molecule has 37 heavy (non-hydrogen) atoms. The molecule has 4 aromatic rings. The van der Waals surface area contributed by atoms with Crippen LogP contribution in [0.3, 0.4) is 0 Å². The van der Waals surface area contributed by atoms with Gasteiger partial charge < -0.3 is 15.3 Å². The number of nitrogens with zero attached hydrogens (tertiary/aromatic N) is 6. The van der Waals surface area contributed by atoms with Gasteiger partial charge in [-0.25, -0.2) is 19.3 Å². The van der Waals surface area contributed by atoms with Gasteiger partial charge in [-0.15, -0.1) is 0 Å². The summed E-state index contributed by atoms with van der Waals surface area (Å²) in [5.74, 6) is 1.53. The molecule has 3 aromatic heterocycles. The minimum atomic E-state index is -0.672. The maximum Gasteiger partial charge on any atom is 0.278 e. The van der Waals surface area contributed by atoms with Crippen molar-refractivity contribution in [1.29, 1.82) is 0 Å². The first-order valence-electron chi connectivity index (χ1n) is 12.9. The van der Waals surface area contributed by atoms with Crippen LogP contribution in [0, 0.1) is 0 Å². The fourth-order valence-electron chi connectivity index (χ4n) is 5.23. The molecule has 0 spiro atoms. The number of aliphatic hydroxyl groups is 1. The number of hydrogen-bond acceptors (Lipinski definition) is 7. The average Bonchev–Trinajstić information content (AvgIpc) is 3.19. The highest BCUT2D eigenvalue weighted by Crippen LogP contribution is 2.29. The second-order valence-electron chi connectivity index (χ2n) is 9.94. The van der Waals surface area contributed by atoms with Crippen molar-refractivity contribution in [3.05, 3.63) is 82.4 Å². The van der Waals surface area contributed by atoms with Gasteiger partial charge in [-0.2, -0.15) is 4.98 Å². The van der Waals surface area contributed by atoms with E-state index in [-0.39, 0.29) is 5.56 Å². The third-order valence-electron chi connectivity index (χ3n) is 7.40. The summed E-state index contributed by atoms with van der Waals surface area (Å²) in [5.41, 5.74) is 3.12. The van der Waals surface area contributed by atoms with Crippen molar-refractivity contribution < 1.29 is 5.11 Å². The predicted molar refractivity (Wildman–Crippen MR) is 143 cm³/mol. The van der Waals surface area contributed by atoms with Crippen molar-refractivity contribution in [3.8, 4) is 5.82 Å². The Morgan fingerprint density at radius 3 is 2.62 bits per heavy atom. The van der Waals surface area contributed by atoms with Gasteiger partial charge in [0.1, 0.15) is 5.39 Å². The van der Waals surface area contributed by atoms with E-state index in [0.29, 0.717) is 53.8 Å². The summed E-state index contributed by atoms with van der Waals surface area (Å²) < 4.78 is 3.33. The Hall–Kier alpha value is -3.82. The van der Waals surface area contributed by atoms with E-state index in [4.69, 9.17) is 4.98 Å². The summed E-state index contributed by atoms with van der Waals surface area (Å²) in [6, 6.07) is 14.0. The van der Waals surface area contributed by atoms with Crippen LogP contribution in [0.4, 0.5) is 11.6 Å². The molecule has 0 radical (unpaired) electrons. The van der Waals surface area contributed by atoms with Crippen LogP contribution >= 0.6 is 0 Å². The van der Waals surface area contributed by atoms with Gasteiger partial charge in [0.05, 0.1) is 18.3 Å².